The number of hydrogen-bond acceptors (Lipinski definition) is 5. The van der Waals surface area contributed by atoms with E-state index >= 15 is 0 Å². The normalized spacial score (nSPS) is 13.3. The molecule has 0 saturated carbocycles. The van der Waals surface area contributed by atoms with Crippen molar-refractivity contribution < 1.29 is 23.5 Å². The van der Waals surface area contributed by atoms with Crippen LogP contribution in [0.4, 0.5) is 10.1 Å². The summed E-state index contributed by atoms with van der Waals surface area (Å²) in [7, 11) is 0. The lowest BCUT2D eigenvalue weighted by Gasteiger charge is -2.12. The van der Waals surface area contributed by atoms with E-state index in [1.165, 1.54) is 10.7 Å². The number of nitrogens with one attached hydrogen (secondary N) is 2. The van der Waals surface area contributed by atoms with Gasteiger partial charge in [-0.05, 0) is 61.2 Å². The van der Waals surface area contributed by atoms with Crippen molar-refractivity contribution in [2.45, 2.75) is 25.8 Å². The fourth-order valence-electron chi connectivity index (χ4n) is 4.74. The van der Waals surface area contributed by atoms with Crippen molar-refractivity contribution in [1.29, 1.82) is 0 Å². The molecule has 0 atom stereocenters. The van der Waals surface area contributed by atoms with Crippen LogP contribution in [0.25, 0.3) is 5.69 Å². The van der Waals surface area contributed by atoms with Crippen molar-refractivity contribution >= 4 is 17.5 Å². The van der Waals surface area contributed by atoms with Crippen LogP contribution >= 0.6 is 0 Å². The van der Waals surface area contributed by atoms with Crippen LogP contribution in [-0.2, 0) is 19.4 Å². The number of halogens is 1. The molecular formula is C28H23FN4O4. The van der Waals surface area contributed by atoms with Crippen LogP contribution < -0.4 is 20.1 Å². The van der Waals surface area contributed by atoms with Gasteiger partial charge in [0.05, 0.1) is 11.3 Å². The highest BCUT2D eigenvalue weighted by Gasteiger charge is 2.28. The van der Waals surface area contributed by atoms with Gasteiger partial charge in [-0.15, -0.1) is 0 Å². The molecule has 0 saturated heterocycles. The van der Waals surface area contributed by atoms with Gasteiger partial charge in [-0.1, -0.05) is 30.3 Å². The molecule has 0 unspecified atom stereocenters. The van der Waals surface area contributed by atoms with Crippen LogP contribution in [0.1, 0.15) is 44.1 Å². The van der Waals surface area contributed by atoms with Crippen LogP contribution in [0.3, 0.4) is 0 Å². The van der Waals surface area contributed by atoms with Gasteiger partial charge in [-0.3, -0.25) is 9.59 Å². The van der Waals surface area contributed by atoms with Crippen LogP contribution in [0, 0.1) is 5.82 Å². The zero-order valence-corrected chi connectivity index (χ0v) is 19.8. The first-order valence-electron chi connectivity index (χ1n) is 12.0. The Morgan fingerprint density at radius 2 is 1.76 bits per heavy atom. The predicted octanol–water partition coefficient (Wildman–Crippen LogP) is 4.41. The van der Waals surface area contributed by atoms with E-state index in [1.807, 2.05) is 12.1 Å². The summed E-state index contributed by atoms with van der Waals surface area (Å²) in [5.41, 5.74) is 3.74. The Balaban J connectivity index is 1.22. The van der Waals surface area contributed by atoms with Crippen molar-refractivity contribution in [3.05, 3.63) is 101 Å². The lowest BCUT2D eigenvalue weighted by Crippen LogP contribution is -2.25. The Hall–Kier alpha value is -4.66. The van der Waals surface area contributed by atoms with Crippen LogP contribution in [0.5, 0.6) is 11.5 Å². The van der Waals surface area contributed by atoms with E-state index in [4.69, 9.17) is 9.47 Å². The van der Waals surface area contributed by atoms with E-state index in [2.05, 4.69) is 15.7 Å². The monoisotopic (exact) mass is 498 g/mol. The number of benzene rings is 3. The highest BCUT2D eigenvalue weighted by molar-refractivity contribution is 6.09. The molecule has 186 valence electrons. The SMILES string of the molecule is O=C(NCc1ccc2c(c1)OCO2)c1ccccc1NC(=O)c1nn(-c2ccccc2F)c2c1CCC2. The summed E-state index contributed by atoms with van der Waals surface area (Å²) in [5, 5.41) is 10.2. The Labute approximate surface area is 212 Å². The molecule has 4 aromatic rings. The van der Waals surface area contributed by atoms with Crippen molar-refractivity contribution in [3.8, 4) is 17.2 Å². The summed E-state index contributed by atoms with van der Waals surface area (Å²) in [5.74, 6) is 0.130. The molecule has 0 spiro atoms. The van der Waals surface area contributed by atoms with Gasteiger partial charge in [0.25, 0.3) is 11.8 Å². The predicted molar refractivity (Wildman–Crippen MR) is 134 cm³/mol. The molecule has 2 amide bonds. The second-order valence-corrected chi connectivity index (χ2v) is 8.86. The first-order chi connectivity index (χ1) is 18.1. The molecular weight excluding hydrogens is 475 g/mol. The van der Waals surface area contributed by atoms with E-state index in [9.17, 15) is 14.0 Å². The smallest absolute Gasteiger partial charge is 0.276 e. The number of carbonyl (C=O) groups excluding carboxylic acids is 2. The lowest BCUT2D eigenvalue weighted by atomic mass is 10.1. The van der Waals surface area contributed by atoms with Crippen molar-refractivity contribution in [2.75, 3.05) is 12.1 Å². The van der Waals surface area contributed by atoms with Gasteiger partial charge < -0.3 is 20.1 Å². The quantitative estimate of drug-likeness (QED) is 0.411. The number of nitrogens with zero attached hydrogens (tertiary/aromatic N) is 2. The largest absolute Gasteiger partial charge is 0.454 e. The van der Waals surface area contributed by atoms with Gasteiger partial charge in [0.15, 0.2) is 17.2 Å². The van der Waals surface area contributed by atoms with E-state index < -0.39 is 11.7 Å². The Morgan fingerprint density at radius 3 is 2.65 bits per heavy atom. The van der Waals surface area contributed by atoms with Crippen LogP contribution in [0.15, 0.2) is 66.7 Å². The summed E-state index contributed by atoms with van der Waals surface area (Å²) in [6, 6.07) is 18.6. The third-order valence-corrected chi connectivity index (χ3v) is 6.54. The molecule has 8 nitrogen and oxygen atoms in total. The molecule has 9 heteroatoms. The molecule has 2 heterocycles. The van der Waals surface area contributed by atoms with E-state index in [1.54, 1.807) is 48.5 Å². The Bertz CT molecular complexity index is 1530. The van der Waals surface area contributed by atoms with Gasteiger partial charge in [-0.25, -0.2) is 9.07 Å². The number of carbonyl (C=O) groups is 2. The molecule has 1 aliphatic carbocycles. The lowest BCUT2D eigenvalue weighted by molar-refractivity contribution is 0.0951. The third-order valence-electron chi connectivity index (χ3n) is 6.54. The molecule has 37 heavy (non-hydrogen) atoms. The molecule has 1 aliphatic heterocycles. The second-order valence-electron chi connectivity index (χ2n) is 8.86. The van der Waals surface area contributed by atoms with Gasteiger partial charge in [-0.2, -0.15) is 5.10 Å². The van der Waals surface area contributed by atoms with Crippen molar-refractivity contribution in [3.63, 3.8) is 0 Å². The molecule has 0 radical (unpaired) electrons. The fraction of sp³-hybridized carbons (Fsp3) is 0.179. The number of anilines is 1. The number of aromatic nitrogens is 2. The standard InChI is InChI=1S/C28H23FN4O4/c29-20-8-2-4-10-23(20)33-22-11-5-7-19(22)26(32-33)28(35)31-21-9-3-1-6-18(21)27(34)30-15-17-12-13-24-25(14-17)37-16-36-24/h1-4,6,8-10,12-14H,5,7,11,15-16H2,(H,30,34)(H,31,35). The maximum absolute atomic E-state index is 14.5. The first kappa shape index (κ1) is 22.8. The van der Waals surface area contributed by atoms with Crippen molar-refractivity contribution in [1.82, 2.24) is 15.1 Å². The maximum Gasteiger partial charge on any atom is 0.276 e. The van der Waals surface area contributed by atoms with Gasteiger partial charge in [0.2, 0.25) is 6.79 Å². The van der Waals surface area contributed by atoms with Crippen LogP contribution in [0.2, 0.25) is 0 Å². The molecule has 2 aliphatic rings. The first-order valence-corrected chi connectivity index (χ1v) is 12.0. The number of fused-ring (bicyclic) bond motifs is 2. The fourth-order valence-corrected chi connectivity index (χ4v) is 4.74. The maximum atomic E-state index is 14.5. The van der Waals surface area contributed by atoms with Crippen LogP contribution in [-0.4, -0.2) is 28.4 Å². The molecule has 6 rings (SSSR count). The average molecular weight is 499 g/mol. The zero-order valence-electron chi connectivity index (χ0n) is 19.8. The van der Waals surface area contributed by atoms with E-state index in [0.29, 0.717) is 41.3 Å². The highest BCUT2D eigenvalue weighted by atomic mass is 19.1. The number of rotatable bonds is 6. The Morgan fingerprint density at radius 1 is 0.946 bits per heavy atom. The molecule has 0 fully saturated rings. The summed E-state index contributed by atoms with van der Waals surface area (Å²) < 4.78 is 26.7. The number of amides is 2. The summed E-state index contributed by atoms with van der Waals surface area (Å²) in [4.78, 5) is 26.4. The number of para-hydroxylation sites is 2. The Kier molecular flexibility index (Phi) is 5.80. The topological polar surface area (TPSA) is 94.5 Å². The minimum Gasteiger partial charge on any atom is -0.454 e. The van der Waals surface area contributed by atoms with Crippen molar-refractivity contribution in [2.24, 2.45) is 0 Å². The highest BCUT2D eigenvalue weighted by Crippen LogP contribution is 2.33. The van der Waals surface area contributed by atoms with E-state index in [0.717, 1.165) is 23.2 Å². The molecule has 1 aromatic heterocycles. The number of ether oxygens (including phenoxy) is 2. The second kappa shape index (κ2) is 9.42. The number of hydrogen-bond donors (Lipinski definition) is 2. The minimum absolute atomic E-state index is 0.181. The van der Waals surface area contributed by atoms with Gasteiger partial charge in [0, 0.05) is 17.8 Å². The van der Waals surface area contributed by atoms with Gasteiger partial charge in [0.1, 0.15) is 11.5 Å². The van der Waals surface area contributed by atoms with E-state index in [-0.39, 0.29) is 24.9 Å². The summed E-state index contributed by atoms with van der Waals surface area (Å²) in [6.45, 7) is 0.457. The van der Waals surface area contributed by atoms with Gasteiger partial charge >= 0.3 is 0 Å². The molecule has 2 N–H and O–H groups in total. The third kappa shape index (κ3) is 4.29. The minimum atomic E-state index is -0.440. The summed E-state index contributed by atoms with van der Waals surface area (Å²) >= 11 is 0. The average Bonchev–Trinajstić information content (AvgIpc) is 3.65. The molecule has 0 bridgehead atoms. The molecule has 3 aromatic carbocycles. The summed E-state index contributed by atoms with van der Waals surface area (Å²) in [6.07, 6.45) is 2.26. The zero-order chi connectivity index (χ0) is 25.4.